The van der Waals surface area contributed by atoms with E-state index in [4.69, 9.17) is 9.84 Å². The number of alkyl halides is 2. The molecule has 8 heteroatoms. The summed E-state index contributed by atoms with van der Waals surface area (Å²) in [7, 11) is 1.22. The Kier molecular flexibility index (Phi) is 3.78. The first-order chi connectivity index (χ1) is 7.50. The van der Waals surface area contributed by atoms with Crippen molar-refractivity contribution in [2.75, 3.05) is 25.6 Å². The van der Waals surface area contributed by atoms with Crippen LogP contribution in [0, 0.1) is 0 Å². The molecule has 1 heterocycles. The van der Waals surface area contributed by atoms with E-state index in [1.54, 1.807) is 0 Å². The molecule has 0 aromatic carbocycles. The minimum absolute atomic E-state index is 0.0978. The molecule has 1 aromatic rings. The lowest BCUT2D eigenvalue weighted by Gasteiger charge is -2.15. The quantitative estimate of drug-likeness (QED) is 0.659. The van der Waals surface area contributed by atoms with Crippen molar-refractivity contribution in [3.63, 3.8) is 0 Å². The Morgan fingerprint density at radius 2 is 2.38 bits per heavy atom. The number of hydrogen-bond acceptors (Lipinski definition) is 5. The summed E-state index contributed by atoms with van der Waals surface area (Å²) in [5, 5.41) is 10.6. The zero-order chi connectivity index (χ0) is 12.2. The van der Waals surface area contributed by atoms with Crippen molar-refractivity contribution in [2.24, 2.45) is 0 Å². The van der Waals surface area contributed by atoms with Crippen LogP contribution < -0.4 is 15.6 Å². The number of hydrogen-bond donors (Lipinski definition) is 3. The van der Waals surface area contributed by atoms with Crippen LogP contribution in [0.2, 0.25) is 0 Å². The number of H-pyrrole nitrogens is 1. The van der Waals surface area contributed by atoms with Gasteiger partial charge in [0.2, 0.25) is 5.75 Å². The van der Waals surface area contributed by atoms with E-state index in [1.165, 1.54) is 7.11 Å². The average molecular weight is 235 g/mol. The number of anilines is 1. The van der Waals surface area contributed by atoms with Crippen LogP contribution in [-0.2, 0) is 0 Å². The second-order valence-electron chi connectivity index (χ2n) is 2.98. The smallest absolute Gasteiger partial charge is 0.295 e. The highest BCUT2D eigenvalue weighted by Crippen LogP contribution is 2.18. The molecule has 0 saturated heterocycles. The molecule has 0 spiro atoms. The van der Waals surface area contributed by atoms with Crippen molar-refractivity contribution in [1.29, 1.82) is 0 Å². The molecular weight excluding hydrogens is 224 g/mol. The highest BCUT2D eigenvalue weighted by atomic mass is 19.3. The molecule has 0 aliphatic carbocycles. The molecule has 0 bridgehead atoms. The Hall–Kier alpha value is -1.70. The third kappa shape index (κ3) is 2.89. The van der Waals surface area contributed by atoms with Crippen molar-refractivity contribution < 1.29 is 18.6 Å². The molecular formula is C8H11F2N3O3. The first-order valence-corrected chi connectivity index (χ1v) is 4.34. The zero-order valence-corrected chi connectivity index (χ0v) is 8.46. The molecule has 0 unspecified atom stereocenters. The number of methoxy groups -OCH3 is 1. The number of nitrogens with zero attached hydrogens (tertiary/aromatic N) is 1. The molecule has 6 nitrogen and oxygen atoms in total. The van der Waals surface area contributed by atoms with Crippen LogP contribution in [0.5, 0.6) is 5.75 Å². The average Bonchev–Trinajstić information content (AvgIpc) is 2.26. The molecule has 1 aromatic heterocycles. The maximum absolute atomic E-state index is 12.7. The molecule has 0 atom stereocenters. The summed E-state index contributed by atoms with van der Waals surface area (Å²) in [4.78, 5) is 17.0. The van der Waals surface area contributed by atoms with E-state index in [1.807, 2.05) is 0 Å². The van der Waals surface area contributed by atoms with Gasteiger partial charge in [0.05, 0.1) is 20.0 Å². The third-order valence-electron chi connectivity index (χ3n) is 1.76. The summed E-state index contributed by atoms with van der Waals surface area (Å²) in [6.07, 6.45) is 1.06. The highest BCUT2D eigenvalue weighted by molar-refractivity contribution is 5.47. The first kappa shape index (κ1) is 12.4. The molecule has 0 fully saturated rings. The molecule has 0 aliphatic heterocycles. The van der Waals surface area contributed by atoms with Crippen LogP contribution in [-0.4, -0.2) is 41.3 Å². The lowest BCUT2D eigenvalue weighted by Crippen LogP contribution is -2.31. The molecule has 0 amide bonds. The van der Waals surface area contributed by atoms with Crippen LogP contribution in [0.1, 0.15) is 0 Å². The molecule has 16 heavy (non-hydrogen) atoms. The first-order valence-electron chi connectivity index (χ1n) is 4.34. The topological polar surface area (TPSA) is 87.2 Å². The van der Waals surface area contributed by atoms with Gasteiger partial charge < -0.3 is 20.1 Å². The third-order valence-corrected chi connectivity index (χ3v) is 1.76. The normalized spacial score (nSPS) is 11.2. The number of ether oxygens (including phenoxy) is 1. The van der Waals surface area contributed by atoms with Gasteiger partial charge in [-0.3, -0.25) is 4.79 Å². The van der Waals surface area contributed by atoms with Crippen LogP contribution in [0.3, 0.4) is 0 Å². The fraction of sp³-hybridized carbons (Fsp3) is 0.500. The van der Waals surface area contributed by atoms with Crippen molar-refractivity contribution in [2.45, 2.75) is 5.92 Å². The Morgan fingerprint density at radius 1 is 1.69 bits per heavy atom. The van der Waals surface area contributed by atoms with Gasteiger partial charge in [-0.1, -0.05) is 0 Å². The number of aromatic amines is 1. The predicted molar refractivity (Wildman–Crippen MR) is 51.9 cm³/mol. The maximum Gasteiger partial charge on any atom is 0.295 e. The monoisotopic (exact) mass is 235 g/mol. The number of aliphatic hydroxyl groups excluding tert-OH is 1. The second kappa shape index (κ2) is 4.88. The van der Waals surface area contributed by atoms with Crippen molar-refractivity contribution in [1.82, 2.24) is 9.97 Å². The van der Waals surface area contributed by atoms with Gasteiger partial charge in [-0.15, -0.1) is 0 Å². The Morgan fingerprint density at radius 3 is 2.94 bits per heavy atom. The van der Waals surface area contributed by atoms with Gasteiger partial charge in [0.15, 0.2) is 5.82 Å². The van der Waals surface area contributed by atoms with Crippen molar-refractivity contribution in [3.8, 4) is 5.75 Å². The fourth-order valence-electron chi connectivity index (χ4n) is 0.971. The number of rotatable bonds is 5. The Balaban J connectivity index is 2.82. The lowest BCUT2D eigenvalue weighted by molar-refractivity contribution is -0.0373. The van der Waals surface area contributed by atoms with Gasteiger partial charge in [-0.05, 0) is 0 Å². The summed E-state index contributed by atoms with van der Waals surface area (Å²) in [6.45, 7) is -2.12. The van der Waals surface area contributed by atoms with Gasteiger partial charge in [0.1, 0.15) is 6.61 Å². The lowest BCUT2D eigenvalue weighted by atomic mass is 10.3. The Bertz CT molecular complexity index is 408. The molecule has 3 N–H and O–H groups in total. The summed E-state index contributed by atoms with van der Waals surface area (Å²) in [5.74, 6) is -3.56. The van der Waals surface area contributed by atoms with Gasteiger partial charge in [-0.25, -0.2) is 13.8 Å². The van der Waals surface area contributed by atoms with Gasteiger partial charge in [0.25, 0.3) is 11.5 Å². The van der Waals surface area contributed by atoms with Crippen molar-refractivity contribution >= 4 is 5.82 Å². The van der Waals surface area contributed by atoms with E-state index >= 15 is 0 Å². The summed E-state index contributed by atoms with van der Waals surface area (Å²) in [5.41, 5.74) is -0.577. The highest BCUT2D eigenvalue weighted by Gasteiger charge is 2.28. The van der Waals surface area contributed by atoms with Crippen molar-refractivity contribution in [3.05, 3.63) is 16.7 Å². The molecule has 90 valence electrons. The van der Waals surface area contributed by atoms with Gasteiger partial charge >= 0.3 is 0 Å². The second-order valence-corrected chi connectivity index (χ2v) is 2.98. The van der Waals surface area contributed by atoms with Gasteiger partial charge in [0, 0.05) is 0 Å². The van der Waals surface area contributed by atoms with E-state index in [2.05, 4.69) is 15.3 Å². The van der Waals surface area contributed by atoms with Crippen LogP contribution in [0.15, 0.2) is 11.1 Å². The Labute approximate surface area is 89.3 Å². The number of nitrogens with one attached hydrogen (secondary N) is 2. The van der Waals surface area contributed by atoms with Crippen LogP contribution in [0.25, 0.3) is 0 Å². The summed E-state index contributed by atoms with van der Waals surface area (Å²) in [6, 6.07) is 0. The fourth-order valence-corrected chi connectivity index (χ4v) is 0.971. The number of halogens is 2. The van der Waals surface area contributed by atoms with Crippen LogP contribution >= 0.6 is 0 Å². The van der Waals surface area contributed by atoms with E-state index < -0.39 is 24.6 Å². The number of aliphatic hydroxyl groups is 1. The minimum Gasteiger partial charge on any atom is -0.489 e. The summed E-state index contributed by atoms with van der Waals surface area (Å²) >= 11 is 0. The molecule has 0 saturated carbocycles. The standard InChI is InChI=1S/C8H11F2N3O3/c1-16-5-6(12-4-13-7(5)15)11-2-8(9,10)3-14/h4,14H,2-3H2,1H3,(H2,11,12,13,15). The maximum atomic E-state index is 12.7. The zero-order valence-electron chi connectivity index (χ0n) is 8.46. The molecule has 1 rings (SSSR count). The molecule has 0 aliphatic rings. The van der Waals surface area contributed by atoms with E-state index in [0.717, 1.165) is 6.33 Å². The van der Waals surface area contributed by atoms with Crippen LogP contribution in [0.4, 0.5) is 14.6 Å². The van der Waals surface area contributed by atoms with E-state index in [-0.39, 0.29) is 11.6 Å². The molecule has 0 radical (unpaired) electrons. The minimum atomic E-state index is -3.28. The largest absolute Gasteiger partial charge is 0.489 e. The predicted octanol–water partition coefficient (Wildman–Crippen LogP) is -0.182. The van der Waals surface area contributed by atoms with Gasteiger partial charge in [-0.2, -0.15) is 0 Å². The SMILES string of the molecule is COc1c(NCC(F)(F)CO)nc[nH]c1=O. The van der Waals surface area contributed by atoms with E-state index in [0.29, 0.717) is 0 Å². The van der Waals surface area contributed by atoms with E-state index in [9.17, 15) is 13.6 Å². The number of aromatic nitrogens is 2. The summed E-state index contributed by atoms with van der Waals surface area (Å²) < 4.78 is 30.1.